The number of hydrogen-bond acceptors (Lipinski definition) is 7. The molecular weight excluding hydrogens is 450 g/mol. The van der Waals surface area contributed by atoms with Gasteiger partial charge in [0.05, 0.1) is 28.9 Å². The summed E-state index contributed by atoms with van der Waals surface area (Å²) in [6.45, 7) is 8.21. The third-order valence-corrected chi connectivity index (χ3v) is 7.79. The SMILES string of the molecule is CN(c1ncn(-c2ccc(S(C)(=O)=O)cc2)c2cncc1-2)C1CCN(CC(=O)C(C)(C)C)CC1. The number of rotatable bonds is 6. The van der Waals surface area contributed by atoms with Crippen LogP contribution in [0.3, 0.4) is 0 Å². The van der Waals surface area contributed by atoms with E-state index in [1.807, 2.05) is 31.5 Å². The molecule has 3 heterocycles. The number of aromatic nitrogens is 3. The molecule has 1 aromatic rings. The fourth-order valence-electron chi connectivity index (χ4n) is 4.35. The van der Waals surface area contributed by atoms with Crippen molar-refractivity contribution in [3.05, 3.63) is 43.0 Å². The summed E-state index contributed by atoms with van der Waals surface area (Å²) in [5, 5.41) is 0. The first kappa shape index (κ1) is 24.3. The van der Waals surface area contributed by atoms with Gasteiger partial charge in [0.15, 0.2) is 15.6 Å². The Bertz CT molecular complexity index is 1240. The smallest absolute Gasteiger partial charge is 0.175 e. The molecule has 9 heteroatoms. The minimum absolute atomic E-state index is 0.280. The number of benzene rings is 1. The van der Waals surface area contributed by atoms with Gasteiger partial charge >= 0.3 is 0 Å². The summed E-state index contributed by atoms with van der Waals surface area (Å²) in [5.74, 6) is 1.16. The number of fused-ring (bicyclic) bond motifs is 1. The van der Waals surface area contributed by atoms with Crippen molar-refractivity contribution in [2.24, 2.45) is 5.41 Å². The molecule has 0 bridgehead atoms. The van der Waals surface area contributed by atoms with Crippen LogP contribution in [0.15, 0.2) is 47.9 Å². The van der Waals surface area contributed by atoms with Crippen molar-refractivity contribution in [1.29, 1.82) is 0 Å². The Morgan fingerprint density at radius 2 is 1.76 bits per heavy atom. The van der Waals surface area contributed by atoms with E-state index in [1.54, 1.807) is 36.8 Å². The molecule has 0 atom stereocenters. The van der Waals surface area contributed by atoms with E-state index in [4.69, 9.17) is 4.98 Å². The Hall–Kier alpha value is -2.78. The van der Waals surface area contributed by atoms with Gasteiger partial charge in [-0.25, -0.2) is 13.4 Å². The number of Topliss-reactive ketones (excluding diaryl/α,β-unsaturated/α-hetero) is 1. The highest BCUT2D eigenvalue weighted by Gasteiger charge is 2.29. The van der Waals surface area contributed by atoms with Crippen LogP contribution in [0.2, 0.25) is 0 Å². The monoisotopic (exact) mass is 483 g/mol. The predicted molar refractivity (Wildman–Crippen MR) is 133 cm³/mol. The fourth-order valence-corrected chi connectivity index (χ4v) is 4.98. The summed E-state index contributed by atoms with van der Waals surface area (Å²) >= 11 is 0. The lowest BCUT2D eigenvalue weighted by molar-refractivity contribution is -0.127. The lowest BCUT2D eigenvalue weighted by Crippen LogP contribution is -2.46. The normalized spacial score (nSPS) is 16.1. The van der Waals surface area contributed by atoms with Crippen LogP contribution in [0.25, 0.3) is 16.9 Å². The van der Waals surface area contributed by atoms with E-state index < -0.39 is 9.84 Å². The molecule has 8 nitrogen and oxygen atoms in total. The van der Waals surface area contributed by atoms with Crippen molar-refractivity contribution >= 4 is 21.4 Å². The second kappa shape index (κ2) is 9.11. The third-order valence-electron chi connectivity index (χ3n) is 6.66. The zero-order valence-corrected chi connectivity index (χ0v) is 21.3. The van der Waals surface area contributed by atoms with Gasteiger partial charge in [-0.2, -0.15) is 0 Å². The summed E-state index contributed by atoms with van der Waals surface area (Å²) < 4.78 is 25.5. The molecular formula is C25H33N5O3S. The molecule has 0 saturated carbocycles. The Kier molecular flexibility index (Phi) is 6.52. The first-order valence-corrected chi connectivity index (χ1v) is 13.4. The summed E-state index contributed by atoms with van der Waals surface area (Å²) in [6, 6.07) is 7.11. The molecule has 0 spiro atoms. The molecule has 0 radical (unpaired) electrons. The lowest BCUT2D eigenvalue weighted by atomic mass is 9.90. The average molecular weight is 484 g/mol. The van der Waals surface area contributed by atoms with Gasteiger partial charge in [0.2, 0.25) is 0 Å². The van der Waals surface area contributed by atoms with E-state index in [-0.39, 0.29) is 16.1 Å². The maximum absolute atomic E-state index is 12.4. The van der Waals surface area contributed by atoms with Gasteiger partial charge in [-0.1, -0.05) is 20.8 Å². The first-order valence-electron chi connectivity index (χ1n) is 11.5. The van der Waals surface area contributed by atoms with Crippen LogP contribution in [0.5, 0.6) is 0 Å². The number of carbonyl (C=O) groups is 1. The van der Waals surface area contributed by atoms with Crippen molar-refractivity contribution in [3.63, 3.8) is 0 Å². The number of likely N-dealkylation sites (tertiary alicyclic amines) is 1. The van der Waals surface area contributed by atoms with Crippen LogP contribution in [0, 0.1) is 5.41 Å². The summed E-state index contributed by atoms with van der Waals surface area (Å²) in [5.41, 5.74) is 2.38. The van der Waals surface area contributed by atoms with Crippen LogP contribution in [0.4, 0.5) is 5.82 Å². The predicted octanol–water partition coefficient (Wildman–Crippen LogP) is 3.29. The Balaban J connectivity index is 1.50. The van der Waals surface area contributed by atoms with Gasteiger partial charge in [0, 0.05) is 49.7 Å². The molecule has 4 rings (SSSR count). The van der Waals surface area contributed by atoms with E-state index >= 15 is 0 Å². The van der Waals surface area contributed by atoms with Gasteiger partial charge in [-0.05, 0) is 37.1 Å². The van der Waals surface area contributed by atoms with Crippen LogP contribution in [0.1, 0.15) is 33.6 Å². The molecule has 1 fully saturated rings. The Labute approximate surface area is 201 Å². The van der Waals surface area contributed by atoms with Gasteiger partial charge in [0.25, 0.3) is 0 Å². The highest BCUT2D eigenvalue weighted by molar-refractivity contribution is 7.90. The second-order valence-electron chi connectivity index (χ2n) is 10.2. The van der Waals surface area contributed by atoms with Gasteiger partial charge in [-0.3, -0.25) is 19.2 Å². The van der Waals surface area contributed by atoms with Crippen molar-refractivity contribution in [3.8, 4) is 16.9 Å². The molecule has 0 aliphatic carbocycles. The van der Waals surface area contributed by atoms with Gasteiger partial charge in [0.1, 0.15) is 12.1 Å². The largest absolute Gasteiger partial charge is 0.356 e. The number of sulfone groups is 1. The molecule has 1 saturated heterocycles. The lowest BCUT2D eigenvalue weighted by Gasteiger charge is -2.38. The molecule has 0 amide bonds. The molecule has 182 valence electrons. The zero-order valence-electron chi connectivity index (χ0n) is 20.5. The standard InChI is InChI=1S/C25H33N5O3S/c1-25(2,3)23(31)16-29-12-10-18(11-13-29)28(4)24-21-14-26-15-22(21)30(17-27-24)19-6-8-20(9-7-19)34(5,32)33/h6-9,14-15,17-18H,10-13,16H2,1-5H3. The summed E-state index contributed by atoms with van der Waals surface area (Å²) in [7, 11) is -1.18. The molecule has 3 aliphatic heterocycles. The highest BCUT2D eigenvalue weighted by atomic mass is 32.2. The second-order valence-corrected chi connectivity index (χ2v) is 12.2. The Morgan fingerprint density at radius 1 is 1.12 bits per heavy atom. The summed E-state index contributed by atoms with van der Waals surface area (Å²) in [4.78, 5) is 26.3. The van der Waals surface area contributed by atoms with Crippen LogP contribution >= 0.6 is 0 Å². The molecule has 0 aromatic heterocycles. The first-order chi connectivity index (χ1) is 15.9. The quantitative estimate of drug-likeness (QED) is 0.532. The Morgan fingerprint density at radius 3 is 2.35 bits per heavy atom. The number of piperidine rings is 1. The number of carbonyl (C=O) groups excluding carboxylic acids is 1. The number of anilines is 1. The minimum Gasteiger partial charge on any atom is -0.356 e. The molecule has 3 aliphatic rings. The van der Waals surface area contributed by atoms with Gasteiger partial charge in [-0.15, -0.1) is 0 Å². The number of nitrogens with zero attached hydrogens (tertiary/aromatic N) is 5. The number of hydrogen-bond donors (Lipinski definition) is 0. The molecule has 0 N–H and O–H groups in total. The van der Waals surface area contributed by atoms with E-state index in [0.29, 0.717) is 12.6 Å². The van der Waals surface area contributed by atoms with E-state index in [0.717, 1.165) is 48.7 Å². The van der Waals surface area contributed by atoms with Crippen molar-refractivity contribution in [2.75, 3.05) is 37.8 Å². The number of ketones is 1. The van der Waals surface area contributed by atoms with E-state index in [2.05, 4.69) is 21.8 Å². The van der Waals surface area contributed by atoms with Crippen molar-refractivity contribution in [2.45, 2.75) is 44.6 Å². The van der Waals surface area contributed by atoms with Crippen LogP contribution in [-0.4, -0.2) is 72.6 Å². The third kappa shape index (κ3) is 5.00. The maximum Gasteiger partial charge on any atom is 0.175 e. The highest BCUT2D eigenvalue weighted by Crippen LogP contribution is 2.34. The van der Waals surface area contributed by atoms with Crippen molar-refractivity contribution < 1.29 is 13.2 Å². The van der Waals surface area contributed by atoms with Crippen molar-refractivity contribution in [1.82, 2.24) is 19.4 Å². The van der Waals surface area contributed by atoms with E-state index in [1.165, 1.54) is 6.26 Å². The van der Waals surface area contributed by atoms with Gasteiger partial charge < -0.3 is 4.90 Å². The maximum atomic E-state index is 12.4. The molecule has 34 heavy (non-hydrogen) atoms. The minimum atomic E-state index is -3.25. The van der Waals surface area contributed by atoms with E-state index in [9.17, 15) is 13.2 Å². The average Bonchev–Trinajstić information content (AvgIpc) is 3.27. The van der Waals surface area contributed by atoms with Crippen LogP contribution < -0.4 is 4.90 Å². The van der Waals surface area contributed by atoms with Crippen LogP contribution in [-0.2, 0) is 14.6 Å². The summed E-state index contributed by atoms with van der Waals surface area (Å²) in [6.07, 6.45) is 8.53. The molecule has 0 unspecified atom stereocenters. The topological polar surface area (TPSA) is 88.4 Å². The zero-order chi connectivity index (χ0) is 24.7. The fraction of sp³-hybridized carbons (Fsp3) is 0.480. The molecule has 1 aromatic carbocycles.